The first-order chi connectivity index (χ1) is 14.9. The van der Waals surface area contributed by atoms with E-state index in [1.807, 2.05) is 6.55 Å². The van der Waals surface area contributed by atoms with E-state index in [2.05, 4.69) is 16.8 Å². The minimum absolute atomic E-state index is 0.690. The summed E-state index contributed by atoms with van der Waals surface area (Å²) < 4.78 is 31.7. The van der Waals surface area contributed by atoms with Crippen LogP contribution >= 0.6 is 11.6 Å². The summed E-state index contributed by atoms with van der Waals surface area (Å²) in [7, 11) is 3.26. The van der Waals surface area contributed by atoms with E-state index in [-0.39, 0.29) is 0 Å². The van der Waals surface area contributed by atoms with Crippen molar-refractivity contribution in [1.82, 2.24) is 10.2 Å². The molecule has 2 rings (SSSR count). The molecular formula is C20H47ClN2O6Si2. The van der Waals surface area contributed by atoms with Gasteiger partial charge in [-0.25, -0.2) is 0 Å². The van der Waals surface area contributed by atoms with Crippen LogP contribution in [0.4, 0.5) is 0 Å². The lowest BCUT2D eigenvalue weighted by Crippen LogP contribution is -2.39. The second-order valence-electron chi connectivity index (χ2n) is 7.80. The average molecular weight is 503 g/mol. The lowest BCUT2D eigenvalue weighted by Gasteiger charge is -2.28. The molecule has 31 heavy (non-hydrogen) atoms. The minimum Gasteiger partial charge on any atom is -0.398 e. The number of halogens is 1. The Morgan fingerprint density at radius 3 is 1.58 bits per heavy atom. The van der Waals surface area contributed by atoms with Crippen LogP contribution in [0.2, 0.25) is 25.2 Å². The van der Waals surface area contributed by atoms with Gasteiger partial charge in [-0.3, -0.25) is 4.90 Å². The maximum absolute atomic E-state index is 5.53. The summed E-state index contributed by atoms with van der Waals surface area (Å²) in [6.45, 7) is 13.0. The molecular weight excluding hydrogens is 456 g/mol. The molecule has 0 saturated carbocycles. The first-order valence-electron chi connectivity index (χ1n) is 11.2. The molecule has 2 aliphatic rings. The van der Waals surface area contributed by atoms with Gasteiger partial charge in [0.05, 0.1) is 26.4 Å². The van der Waals surface area contributed by atoms with Gasteiger partial charge in [-0.05, 0) is 44.6 Å². The number of hydrogen-bond donors (Lipinski definition) is 1. The summed E-state index contributed by atoms with van der Waals surface area (Å²) in [5, 5.41) is 3.16. The van der Waals surface area contributed by atoms with Crippen molar-refractivity contribution in [2.45, 2.75) is 38.0 Å². The Hall–Kier alpha value is 0.404. The van der Waals surface area contributed by atoms with Crippen LogP contribution in [0, 0.1) is 0 Å². The Morgan fingerprint density at radius 1 is 0.774 bits per heavy atom. The smallest absolute Gasteiger partial charge is 0.334 e. The standard InChI is InChI=1S/C10H23NO3Si.C6H15ClO2Si.C4H9NO/c1-12-15(3,13-2)10-4-5-11-6-8-14-9-7-11;1-8-10(3,9-2)6-4-5-7;1-3-6-4-2-5-1/h4-10H2,1-3H3;4-6H2,1-3H3;5H,1-4H2. The van der Waals surface area contributed by atoms with E-state index < -0.39 is 17.1 Å². The van der Waals surface area contributed by atoms with Crippen molar-refractivity contribution in [2.75, 3.05) is 93.5 Å². The lowest BCUT2D eigenvalue weighted by molar-refractivity contribution is 0.0377. The predicted octanol–water partition coefficient (Wildman–Crippen LogP) is 2.66. The molecule has 8 nitrogen and oxygen atoms in total. The fraction of sp³-hybridized carbons (Fsp3) is 1.00. The highest BCUT2D eigenvalue weighted by Crippen LogP contribution is 2.15. The van der Waals surface area contributed by atoms with Gasteiger partial charge in [0.15, 0.2) is 0 Å². The first kappa shape index (κ1) is 31.4. The molecule has 0 aliphatic carbocycles. The van der Waals surface area contributed by atoms with Gasteiger partial charge in [-0.2, -0.15) is 0 Å². The summed E-state index contributed by atoms with van der Waals surface area (Å²) in [6, 6.07) is 2.04. The Balaban J connectivity index is 0.000000482. The Labute approximate surface area is 197 Å². The van der Waals surface area contributed by atoms with E-state index in [4.69, 9.17) is 38.8 Å². The zero-order valence-electron chi connectivity index (χ0n) is 20.7. The highest BCUT2D eigenvalue weighted by molar-refractivity contribution is 6.66. The Bertz CT molecular complexity index is 386. The average Bonchev–Trinajstić information content (AvgIpc) is 2.85. The summed E-state index contributed by atoms with van der Waals surface area (Å²) in [6.07, 6.45) is 2.14. The van der Waals surface area contributed by atoms with Crippen LogP contribution in [0.15, 0.2) is 0 Å². The molecule has 1 N–H and O–H groups in total. The largest absolute Gasteiger partial charge is 0.398 e. The number of rotatable bonds is 11. The Morgan fingerprint density at radius 2 is 1.23 bits per heavy atom. The highest BCUT2D eigenvalue weighted by atomic mass is 35.5. The number of morpholine rings is 2. The maximum atomic E-state index is 5.53. The summed E-state index contributed by atoms with van der Waals surface area (Å²) in [5.74, 6) is 0.690. The molecule has 2 heterocycles. The molecule has 0 amide bonds. The van der Waals surface area contributed by atoms with Crippen molar-refractivity contribution in [3.63, 3.8) is 0 Å². The zero-order valence-corrected chi connectivity index (χ0v) is 23.4. The van der Waals surface area contributed by atoms with Crippen molar-refractivity contribution >= 4 is 28.7 Å². The third kappa shape index (κ3) is 16.6. The normalized spacial score (nSPS) is 17.9. The molecule has 2 fully saturated rings. The molecule has 0 atom stereocenters. The number of alkyl halides is 1. The van der Waals surface area contributed by atoms with Crippen LogP contribution in [0.3, 0.4) is 0 Å². The number of ether oxygens (including phenoxy) is 2. The molecule has 2 saturated heterocycles. The number of hydrogen-bond acceptors (Lipinski definition) is 8. The molecule has 0 radical (unpaired) electrons. The number of nitrogens with zero attached hydrogens (tertiary/aromatic N) is 1. The van der Waals surface area contributed by atoms with Crippen molar-refractivity contribution in [2.24, 2.45) is 0 Å². The third-order valence-electron chi connectivity index (χ3n) is 5.55. The highest BCUT2D eigenvalue weighted by Gasteiger charge is 2.28. The maximum Gasteiger partial charge on any atom is 0.334 e. The lowest BCUT2D eigenvalue weighted by atomic mass is 10.3. The van der Waals surface area contributed by atoms with Gasteiger partial charge in [0.2, 0.25) is 0 Å². The van der Waals surface area contributed by atoms with E-state index in [0.717, 1.165) is 84.1 Å². The van der Waals surface area contributed by atoms with E-state index >= 15 is 0 Å². The summed E-state index contributed by atoms with van der Waals surface area (Å²) in [5.41, 5.74) is 0. The molecule has 0 bridgehead atoms. The van der Waals surface area contributed by atoms with Crippen LogP contribution in [0.5, 0.6) is 0 Å². The van der Waals surface area contributed by atoms with Crippen molar-refractivity contribution in [1.29, 1.82) is 0 Å². The summed E-state index contributed by atoms with van der Waals surface area (Å²) in [4.78, 5) is 2.45. The molecule has 0 unspecified atom stereocenters. The van der Waals surface area contributed by atoms with Gasteiger partial charge in [-0.15, -0.1) is 11.6 Å². The molecule has 0 spiro atoms. The quantitative estimate of drug-likeness (QED) is 0.341. The van der Waals surface area contributed by atoms with Crippen LogP contribution < -0.4 is 5.32 Å². The molecule has 11 heteroatoms. The van der Waals surface area contributed by atoms with Crippen LogP contribution in [-0.4, -0.2) is 115 Å². The Kier molecular flexibility index (Phi) is 20.1. The fourth-order valence-corrected chi connectivity index (χ4v) is 6.05. The zero-order chi connectivity index (χ0) is 23.4. The predicted molar refractivity (Wildman–Crippen MR) is 132 cm³/mol. The molecule has 0 aromatic carbocycles. The fourth-order valence-electron chi connectivity index (χ4n) is 2.93. The minimum atomic E-state index is -1.84. The third-order valence-corrected chi connectivity index (χ3v) is 11.8. The van der Waals surface area contributed by atoms with Gasteiger partial charge in [-0.1, -0.05) is 0 Å². The molecule has 188 valence electrons. The van der Waals surface area contributed by atoms with E-state index in [1.165, 1.54) is 0 Å². The second-order valence-corrected chi connectivity index (χ2v) is 15.3. The number of nitrogens with one attached hydrogen (secondary N) is 1. The van der Waals surface area contributed by atoms with Crippen molar-refractivity contribution in [3.8, 4) is 0 Å². The second kappa shape index (κ2) is 19.8. The van der Waals surface area contributed by atoms with Gasteiger partial charge in [0.1, 0.15) is 0 Å². The topological polar surface area (TPSA) is 70.7 Å². The molecule has 0 aromatic heterocycles. The van der Waals surface area contributed by atoms with Gasteiger partial charge < -0.3 is 32.5 Å². The molecule has 0 aromatic rings. The molecule has 2 aliphatic heterocycles. The van der Waals surface area contributed by atoms with Gasteiger partial charge in [0.25, 0.3) is 0 Å². The SMILES string of the molecule is C1COCCN1.CO[Si](C)(CCCCl)OC.CO[Si](C)(CCCN1CCOCC1)OC. The monoisotopic (exact) mass is 502 g/mol. The summed E-state index contributed by atoms with van der Waals surface area (Å²) >= 11 is 5.53. The van der Waals surface area contributed by atoms with Crippen molar-refractivity contribution < 1.29 is 27.2 Å². The van der Waals surface area contributed by atoms with Crippen LogP contribution in [-0.2, 0) is 27.2 Å². The van der Waals surface area contributed by atoms with E-state index in [9.17, 15) is 0 Å². The van der Waals surface area contributed by atoms with Crippen molar-refractivity contribution in [3.05, 3.63) is 0 Å². The van der Waals surface area contributed by atoms with Gasteiger partial charge >= 0.3 is 17.1 Å². The van der Waals surface area contributed by atoms with E-state index in [0.29, 0.717) is 5.88 Å². The van der Waals surface area contributed by atoms with Crippen LogP contribution in [0.1, 0.15) is 12.8 Å². The van der Waals surface area contributed by atoms with Gasteiger partial charge in [0, 0.05) is 60.5 Å². The van der Waals surface area contributed by atoms with Crippen LogP contribution in [0.25, 0.3) is 0 Å². The first-order valence-corrected chi connectivity index (χ1v) is 16.8. The van der Waals surface area contributed by atoms with E-state index in [1.54, 1.807) is 28.4 Å².